The third-order valence-electron chi connectivity index (χ3n) is 4.50. The Bertz CT molecular complexity index is 981. The lowest BCUT2D eigenvalue weighted by Gasteiger charge is -2.13. The topological polar surface area (TPSA) is 65.4 Å². The van der Waals surface area contributed by atoms with Gasteiger partial charge in [0.1, 0.15) is 24.2 Å². The first-order chi connectivity index (χ1) is 13.7. The summed E-state index contributed by atoms with van der Waals surface area (Å²) in [4.78, 5) is 16.6. The fourth-order valence-corrected chi connectivity index (χ4v) is 3.13. The molecule has 0 amide bonds. The van der Waals surface area contributed by atoms with Gasteiger partial charge in [0.05, 0.1) is 10.7 Å². The molecule has 2 aromatic heterocycles. The number of benzene rings is 1. The van der Waals surface area contributed by atoms with Gasteiger partial charge in [0.25, 0.3) is 5.56 Å². The molecular weight excluding hydrogens is 378 g/mol. The molecule has 3 aromatic rings. The van der Waals surface area contributed by atoms with E-state index in [1.54, 1.807) is 35.2 Å². The summed E-state index contributed by atoms with van der Waals surface area (Å²) in [5, 5.41) is 3.85. The van der Waals surface area contributed by atoms with Crippen LogP contribution in [0.25, 0.3) is 5.69 Å². The van der Waals surface area contributed by atoms with Crippen molar-refractivity contribution < 1.29 is 9.47 Å². The van der Waals surface area contributed by atoms with Crippen molar-refractivity contribution >= 4 is 11.6 Å². The van der Waals surface area contributed by atoms with Crippen LogP contribution in [0.15, 0.2) is 65.7 Å². The molecule has 3 heterocycles. The molecule has 0 radical (unpaired) electrons. The summed E-state index contributed by atoms with van der Waals surface area (Å²) in [7, 11) is 0. The fourth-order valence-electron chi connectivity index (χ4n) is 3.02. The van der Waals surface area contributed by atoms with E-state index in [0.717, 1.165) is 36.6 Å². The molecule has 1 aliphatic heterocycles. The molecule has 1 fully saturated rings. The molecule has 0 spiro atoms. The molecule has 1 aliphatic rings. The van der Waals surface area contributed by atoms with Gasteiger partial charge in [-0.1, -0.05) is 11.6 Å². The fraction of sp³-hybridized carbons (Fsp3) is 0.238. The highest BCUT2D eigenvalue weighted by molar-refractivity contribution is 6.30. The van der Waals surface area contributed by atoms with Crippen molar-refractivity contribution in [3.63, 3.8) is 0 Å². The highest BCUT2D eigenvalue weighted by Gasteiger charge is 2.15. The Kier molecular flexibility index (Phi) is 5.60. The average molecular weight is 398 g/mol. The molecule has 7 heteroatoms. The van der Waals surface area contributed by atoms with Gasteiger partial charge in [0, 0.05) is 30.7 Å². The van der Waals surface area contributed by atoms with Crippen molar-refractivity contribution in [2.45, 2.75) is 19.1 Å². The second-order valence-corrected chi connectivity index (χ2v) is 6.99. The van der Waals surface area contributed by atoms with Crippen LogP contribution in [0, 0.1) is 0 Å². The van der Waals surface area contributed by atoms with Crippen molar-refractivity contribution in [3.8, 4) is 17.2 Å². The Balaban J connectivity index is 1.42. The molecule has 144 valence electrons. The molecule has 0 aliphatic carbocycles. The quantitative estimate of drug-likeness (QED) is 0.692. The van der Waals surface area contributed by atoms with E-state index >= 15 is 0 Å². The van der Waals surface area contributed by atoms with Crippen molar-refractivity contribution in [1.29, 1.82) is 0 Å². The monoisotopic (exact) mass is 397 g/mol. The molecule has 1 saturated heterocycles. The van der Waals surface area contributed by atoms with Crippen LogP contribution in [0.1, 0.15) is 12.1 Å². The summed E-state index contributed by atoms with van der Waals surface area (Å²) < 4.78 is 13.1. The van der Waals surface area contributed by atoms with E-state index in [1.165, 1.54) is 6.07 Å². The van der Waals surface area contributed by atoms with Gasteiger partial charge in [0.2, 0.25) is 0 Å². The number of rotatable bonds is 6. The number of hydrogen-bond donors (Lipinski definition) is 1. The van der Waals surface area contributed by atoms with Crippen molar-refractivity contribution in [2.75, 3.05) is 13.1 Å². The first-order valence-electron chi connectivity index (χ1n) is 9.11. The van der Waals surface area contributed by atoms with Crippen LogP contribution < -0.4 is 20.3 Å². The van der Waals surface area contributed by atoms with Crippen LogP contribution in [-0.2, 0) is 6.61 Å². The maximum atomic E-state index is 12.5. The van der Waals surface area contributed by atoms with E-state index in [0.29, 0.717) is 10.8 Å². The summed E-state index contributed by atoms with van der Waals surface area (Å²) in [6.07, 6.45) is 4.48. The molecule has 6 nitrogen and oxygen atoms in total. The zero-order valence-electron chi connectivity index (χ0n) is 15.2. The van der Waals surface area contributed by atoms with E-state index in [9.17, 15) is 4.79 Å². The number of nitrogens with one attached hydrogen (secondary N) is 1. The van der Waals surface area contributed by atoms with Crippen LogP contribution in [0.4, 0.5) is 0 Å². The van der Waals surface area contributed by atoms with Crippen molar-refractivity contribution in [1.82, 2.24) is 14.9 Å². The maximum Gasteiger partial charge on any atom is 0.258 e. The number of hydrogen-bond acceptors (Lipinski definition) is 5. The first kappa shape index (κ1) is 18.5. The Hall–Kier alpha value is -2.83. The van der Waals surface area contributed by atoms with Gasteiger partial charge in [-0.05, 0) is 55.4 Å². The Morgan fingerprint density at radius 2 is 2.00 bits per heavy atom. The third-order valence-corrected chi connectivity index (χ3v) is 4.72. The molecule has 1 aromatic carbocycles. The molecule has 4 rings (SSSR count). The van der Waals surface area contributed by atoms with Gasteiger partial charge in [0.15, 0.2) is 0 Å². The van der Waals surface area contributed by atoms with Gasteiger partial charge in [-0.2, -0.15) is 0 Å². The highest BCUT2D eigenvalue weighted by Crippen LogP contribution is 2.18. The SMILES string of the molecule is O=c1cc(OCc2ccc(Cl)cn2)ccn1-c1ccc(O[C@@H]2CCNC2)cc1. The summed E-state index contributed by atoms with van der Waals surface area (Å²) in [5.74, 6) is 1.30. The maximum absolute atomic E-state index is 12.5. The molecule has 0 unspecified atom stereocenters. The number of ether oxygens (including phenoxy) is 2. The largest absolute Gasteiger partial charge is 0.489 e. The molecule has 1 atom stereocenters. The van der Waals surface area contributed by atoms with Crippen molar-refractivity contribution in [3.05, 3.63) is 82.0 Å². The number of pyridine rings is 2. The van der Waals surface area contributed by atoms with E-state index in [1.807, 2.05) is 24.3 Å². The van der Waals surface area contributed by atoms with E-state index in [2.05, 4.69) is 10.3 Å². The minimum Gasteiger partial charge on any atom is -0.489 e. The lowest BCUT2D eigenvalue weighted by molar-refractivity contribution is 0.223. The van der Waals surface area contributed by atoms with Crippen LogP contribution in [-0.4, -0.2) is 28.7 Å². The van der Waals surface area contributed by atoms with Crippen LogP contribution in [0.3, 0.4) is 0 Å². The predicted octanol–water partition coefficient (Wildman–Crippen LogP) is 3.21. The van der Waals surface area contributed by atoms with Gasteiger partial charge >= 0.3 is 0 Å². The lowest BCUT2D eigenvalue weighted by atomic mass is 10.2. The highest BCUT2D eigenvalue weighted by atomic mass is 35.5. The molecular formula is C21H20ClN3O3. The second-order valence-electron chi connectivity index (χ2n) is 6.55. The molecule has 0 saturated carbocycles. The predicted molar refractivity (Wildman–Crippen MR) is 108 cm³/mol. The van der Waals surface area contributed by atoms with Gasteiger partial charge in [-0.25, -0.2) is 0 Å². The summed E-state index contributed by atoms with van der Waals surface area (Å²) in [5.41, 5.74) is 1.34. The zero-order chi connectivity index (χ0) is 19.3. The number of nitrogens with zero attached hydrogens (tertiary/aromatic N) is 2. The summed E-state index contributed by atoms with van der Waals surface area (Å²) in [6.45, 7) is 2.12. The molecule has 1 N–H and O–H groups in total. The van der Waals surface area contributed by atoms with Crippen LogP contribution in [0.2, 0.25) is 5.02 Å². The first-order valence-corrected chi connectivity index (χ1v) is 9.49. The van der Waals surface area contributed by atoms with E-state index < -0.39 is 0 Å². The van der Waals surface area contributed by atoms with Crippen LogP contribution >= 0.6 is 11.6 Å². The van der Waals surface area contributed by atoms with E-state index in [4.69, 9.17) is 21.1 Å². The summed E-state index contributed by atoms with van der Waals surface area (Å²) in [6, 6.07) is 14.3. The third kappa shape index (κ3) is 4.52. The number of halogens is 1. The van der Waals surface area contributed by atoms with Crippen molar-refractivity contribution in [2.24, 2.45) is 0 Å². The van der Waals surface area contributed by atoms with Gasteiger partial charge in [-0.15, -0.1) is 0 Å². The minimum atomic E-state index is -0.171. The Morgan fingerprint density at radius 1 is 1.14 bits per heavy atom. The zero-order valence-corrected chi connectivity index (χ0v) is 15.9. The van der Waals surface area contributed by atoms with E-state index in [-0.39, 0.29) is 18.3 Å². The Morgan fingerprint density at radius 3 is 2.68 bits per heavy atom. The lowest BCUT2D eigenvalue weighted by Crippen LogP contribution is -2.19. The van der Waals surface area contributed by atoms with Crippen LogP contribution in [0.5, 0.6) is 11.5 Å². The minimum absolute atomic E-state index is 0.171. The summed E-state index contributed by atoms with van der Waals surface area (Å²) >= 11 is 5.82. The second kappa shape index (κ2) is 8.46. The normalized spacial score (nSPS) is 16.1. The average Bonchev–Trinajstić information content (AvgIpc) is 3.22. The molecule has 0 bridgehead atoms. The standard InChI is InChI=1S/C21H20ClN3O3/c22-15-1-2-16(24-12-15)14-27-19-8-10-25(21(26)11-19)17-3-5-18(6-4-17)28-20-7-9-23-13-20/h1-6,8,10-12,20,23H,7,9,13-14H2/t20-/m1/s1. The Labute approximate surface area is 167 Å². The number of aromatic nitrogens is 2. The van der Waals surface area contributed by atoms with Gasteiger partial charge in [-0.3, -0.25) is 14.3 Å². The van der Waals surface area contributed by atoms with Gasteiger partial charge < -0.3 is 14.8 Å². The smallest absolute Gasteiger partial charge is 0.258 e. The molecule has 28 heavy (non-hydrogen) atoms.